The number of ether oxygens (including phenoxy) is 1. The van der Waals surface area contributed by atoms with E-state index in [4.69, 9.17) is 21.3 Å². The summed E-state index contributed by atoms with van der Waals surface area (Å²) < 4.78 is 7.13. The molecule has 5 nitrogen and oxygen atoms in total. The van der Waals surface area contributed by atoms with E-state index in [1.54, 1.807) is 4.68 Å². The fourth-order valence-corrected chi connectivity index (χ4v) is 3.21. The lowest BCUT2D eigenvalue weighted by molar-refractivity contribution is 0.0795. The van der Waals surface area contributed by atoms with Gasteiger partial charge in [-0.25, -0.2) is 9.66 Å². The van der Waals surface area contributed by atoms with E-state index in [2.05, 4.69) is 0 Å². The number of nitrogens with two attached hydrogens (primary N) is 2. The van der Waals surface area contributed by atoms with Crippen LogP contribution in [0.2, 0.25) is 0 Å². The monoisotopic (exact) mass is 250 g/mol. The fraction of sp³-hybridized carbons (Fsp3) is 0.769. The summed E-state index contributed by atoms with van der Waals surface area (Å²) in [7, 11) is 0. The van der Waals surface area contributed by atoms with Gasteiger partial charge in [-0.1, -0.05) is 12.8 Å². The quantitative estimate of drug-likeness (QED) is 0.783. The van der Waals surface area contributed by atoms with Crippen LogP contribution in [-0.2, 0) is 4.74 Å². The smallest absolute Gasteiger partial charge is 0.146 e. The van der Waals surface area contributed by atoms with Gasteiger partial charge in [-0.3, -0.25) is 0 Å². The zero-order valence-corrected chi connectivity index (χ0v) is 10.8. The zero-order valence-electron chi connectivity index (χ0n) is 10.8. The highest BCUT2D eigenvalue weighted by Crippen LogP contribution is 2.36. The molecule has 1 aromatic rings. The van der Waals surface area contributed by atoms with Crippen molar-refractivity contribution < 1.29 is 4.74 Å². The van der Waals surface area contributed by atoms with Gasteiger partial charge in [-0.15, -0.1) is 0 Å². The van der Waals surface area contributed by atoms with E-state index in [1.807, 2.05) is 0 Å². The van der Waals surface area contributed by atoms with Crippen LogP contribution in [-0.4, -0.2) is 22.9 Å². The molecule has 1 aromatic heterocycles. The third-order valence-electron chi connectivity index (χ3n) is 4.27. The van der Waals surface area contributed by atoms with E-state index in [1.165, 1.54) is 25.7 Å². The molecule has 0 aromatic carbocycles. The largest absolute Gasteiger partial charge is 0.382 e. The van der Waals surface area contributed by atoms with Gasteiger partial charge in [0.2, 0.25) is 0 Å². The average Bonchev–Trinajstić information content (AvgIpc) is 3.01. The number of rotatable bonds is 2. The van der Waals surface area contributed by atoms with Crippen LogP contribution in [0.5, 0.6) is 0 Å². The van der Waals surface area contributed by atoms with Crippen LogP contribution in [0.3, 0.4) is 0 Å². The van der Waals surface area contributed by atoms with Crippen molar-refractivity contribution in [3.8, 4) is 0 Å². The first-order valence-corrected chi connectivity index (χ1v) is 6.98. The molecule has 1 saturated heterocycles. The predicted molar refractivity (Wildman–Crippen MR) is 70.8 cm³/mol. The average molecular weight is 250 g/mol. The number of imidazole rings is 1. The Hall–Kier alpha value is -1.23. The summed E-state index contributed by atoms with van der Waals surface area (Å²) in [5.41, 5.74) is 7.08. The summed E-state index contributed by atoms with van der Waals surface area (Å²) in [5.74, 6) is 8.51. The summed E-state index contributed by atoms with van der Waals surface area (Å²) in [5, 5.41) is 0. The van der Waals surface area contributed by atoms with Gasteiger partial charge in [0.15, 0.2) is 0 Å². The first-order chi connectivity index (χ1) is 8.77. The molecule has 1 unspecified atom stereocenters. The lowest BCUT2D eigenvalue weighted by Gasteiger charge is -2.20. The highest BCUT2D eigenvalue weighted by atomic mass is 16.5. The SMILES string of the molecule is Nc1c(C2CCCOC2)nc(C2CCCC2)n1N. The second-order valence-corrected chi connectivity index (χ2v) is 5.51. The van der Waals surface area contributed by atoms with Gasteiger partial charge in [0.05, 0.1) is 12.3 Å². The molecular weight excluding hydrogens is 228 g/mol. The Morgan fingerprint density at radius 2 is 1.83 bits per heavy atom. The van der Waals surface area contributed by atoms with Crippen molar-refractivity contribution in [2.24, 2.45) is 0 Å². The van der Waals surface area contributed by atoms with Crippen molar-refractivity contribution in [1.82, 2.24) is 9.66 Å². The maximum atomic E-state index is 6.12. The van der Waals surface area contributed by atoms with Gasteiger partial charge in [-0.05, 0) is 25.7 Å². The Balaban J connectivity index is 1.88. The molecule has 0 amide bonds. The topological polar surface area (TPSA) is 79.1 Å². The fourth-order valence-electron chi connectivity index (χ4n) is 3.21. The van der Waals surface area contributed by atoms with E-state index in [9.17, 15) is 0 Å². The molecule has 3 rings (SSSR count). The van der Waals surface area contributed by atoms with Gasteiger partial charge < -0.3 is 16.3 Å². The van der Waals surface area contributed by atoms with Gasteiger partial charge in [-0.2, -0.15) is 0 Å². The summed E-state index contributed by atoms with van der Waals surface area (Å²) in [6.07, 6.45) is 7.12. The standard InChI is InChI=1S/C13H22N4O/c14-12-11(10-6-3-7-18-8-10)16-13(17(12)15)9-4-1-2-5-9/h9-10H,1-8,14-15H2. The number of nitrogen functional groups attached to an aromatic ring is 2. The van der Waals surface area contributed by atoms with E-state index < -0.39 is 0 Å². The number of aromatic nitrogens is 2. The minimum Gasteiger partial charge on any atom is -0.382 e. The highest BCUT2D eigenvalue weighted by Gasteiger charge is 2.28. The van der Waals surface area contributed by atoms with Crippen molar-refractivity contribution in [2.75, 3.05) is 24.8 Å². The summed E-state index contributed by atoms with van der Waals surface area (Å²) in [6, 6.07) is 0. The van der Waals surface area contributed by atoms with Crippen molar-refractivity contribution in [3.05, 3.63) is 11.5 Å². The van der Waals surface area contributed by atoms with E-state index >= 15 is 0 Å². The number of hydrogen-bond donors (Lipinski definition) is 2. The van der Waals surface area contributed by atoms with Gasteiger partial charge in [0, 0.05) is 18.4 Å². The van der Waals surface area contributed by atoms with Crippen molar-refractivity contribution in [2.45, 2.75) is 50.4 Å². The molecule has 4 N–H and O–H groups in total. The molecule has 1 aliphatic carbocycles. The van der Waals surface area contributed by atoms with Gasteiger partial charge >= 0.3 is 0 Å². The zero-order chi connectivity index (χ0) is 12.5. The molecule has 0 bridgehead atoms. The van der Waals surface area contributed by atoms with Gasteiger partial charge in [0.25, 0.3) is 0 Å². The van der Waals surface area contributed by atoms with Crippen LogP contribution < -0.4 is 11.6 Å². The first kappa shape index (κ1) is 11.8. The van der Waals surface area contributed by atoms with Crippen molar-refractivity contribution in [3.63, 3.8) is 0 Å². The highest BCUT2D eigenvalue weighted by molar-refractivity contribution is 5.41. The van der Waals surface area contributed by atoms with Gasteiger partial charge in [0.1, 0.15) is 11.6 Å². The van der Waals surface area contributed by atoms with Crippen LogP contribution in [0.4, 0.5) is 5.82 Å². The van der Waals surface area contributed by atoms with Crippen LogP contribution in [0.25, 0.3) is 0 Å². The molecule has 0 spiro atoms. The predicted octanol–water partition coefficient (Wildman–Crippen LogP) is 1.73. The second-order valence-electron chi connectivity index (χ2n) is 5.51. The minimum atomic E-state index is 0.323. The first-order valence-electron chi connectivity index (χ1n) is 6.98. The molecule has 1 atom stereocenters. The Kier molecular flexibility index (Phi) is 3.16. The summed E-state index contributed by atoms with van der Waals surface area (Å²) in [4.78, 5) is 4.75. The Morgan fingerprint density at radius 1 is 1.11 bits per heavy atom. The Bertz CT molecular complexity index is 417. The Labute approximate surface area is 107 Å². The third-order valence-corrected chi connectivity index (χ3v) is 4.27. The molecule has 0 radical (unpaired) electrons. The van der Waals surface area contributed by atoms with Crippen molar-refractivity contribution >= 4 is 5.82 Å². The van der Waals surface area contributed by atoms with Crippen LogP contribution in [0.15, 0.2) is 0 Å². The summed E-state index contributed by atoms with van der Waals surface area (Å²) in [6.45, 7) is 1.58. The number of nitrogens with zero attached hydrogens (tertiary/aromatic N) is 2. The molecule has 2 heterocycles. The third kappa shape index (κ3) is 1.96. The number of hydrogen-bond acceptors (Lipinski definition) is 4. The Morgan fingerprint density at radius 3 is 2.50 bits per heavy atom. The van der Waals surface area contributed by atoms with Crippen LogP contribution in [0, 0.1) is 0 Å². The number of anilines is 1. The molecule has 5 heteroatoms. The minimum absolute atomic E-state index is 0.323. The summed E-state index contributed by atoms with van der Waals surface area (Å²) >= 11 is 0. The maximum absolute atomic E-state index is 6.12. The van der Waals surface area contributed by atoms with E-state index in [-0.39, 0.29) is 0 Å². The maximum Gasteiger partial charge on any atom is 0.146 e. The molecule has 1 saturated carbocycles. The molecule has 2 aliphatic rings. The van der Waals surface area contributed by atoms with E-state index in [0.717, 1.165) is 37.6 Å². The molecule has 18 heavy (non-hydrogen) atoms. The normalized spacial score (nSPS) is 25.7. The second kappa shape index (κ2) is 4.80. The lowest BCUT2D eigenvalue weighted by Crippen LogP contribution is -2.19. The molecule has 1 aliphatic heterocycles. The molecular formula is C13H22N4O. The van der Waals surface area contributed by atoms with Crippen LogP contribution >= 0.6 is 0 Å². The van der Waals surface area contributed by atoms with E-state index in [0.29, 0.717) is 17.7 Å². The lowest BCUT2D eigenvalue weighted by atomic mass is 9.98. The molecule has 2 fully saturated rings. The van der Waals surface area contributed by atoms with Crippen LogP contribution in [0.1, 0.15) is 61.9 Å². The molecule has 100 valence electrons. The van der Waals surface area contributed by atoms with Crippen molar-refractivity contribution in [1.29, 1.82) is 0 Å².